The molecule has 1 N–H and O–H groups in total. The van der Waals surface area contributed by atoms with Crippen molar-refractivity contribution in [3.8, 4) is 5.75 Å². The minimum absolute atomic E-state index is 0.103. The van der Waals surface area contributed by atoms with Crippen LogP contribution in [0, 0.1) is 18.7 Å². The molecule has 1 saturated heterocycles. The number of likely N-dealkylation sites (tertiary alicyclic amines) is 1. The fraction of sp³-hybridized carbons (Fsp3) is 0.417. The van der Waals surface area contributed by atoms with Crippen LogP contribution in [-0.2, 0) is 11.3 Å². The van der Waals surface area contributed by atoms with Crippen LogP contribution >= 0.6 is 0 Å². The summed E-state index contributed by atoms with van der Waals surface area (Å²) in [5.74, 6) is -0.0835. The lowest BCUT2D eigenvalue weighted by Crippen LogP contribution is -2.53. The van der Waals surface area contributed by atoms with Crippen LogP contribution in [0.5, 0.6) is 5.75 Å². The standard InChI is InChI=1S/C24H28FN3O3/c1-16-9-10-22-21(12-16)28(14-17(2)31-22)24(30)27-11-5-7-19(15-27)23(29)26-13-18-6-3-4-8-20(18)25/h3-4,6,8-10,12,17,19H,5,7,11,13-15H2,1-2H3,(H,26,29). The zero-order valence-corrected chi connectivity index (χ0v) is 17.9. The van der Waals surface area contributed by atoms with E-state index in [0.717, 1.165) is 17.7 Å². The van der Waals surface area contributed by atoms with E-state index in [-0.39, 0.29) is 36.3 Å². The third-order valence-corrected chi connectivity index (χ3v) is 5.88. The van der Waals surface area contributed by atoms with Crippen LogP contribution in [-0.4, -0.2) is 42.6 Å². The Morgan fingerprint density at radius 2 is 2.00 bits per heavy atom. The molecule has 2 heterocycles. The van der Waals surface area contributed by atoms with Gasteiger partial charge >= 0.3 is 6.03 Å². The fourth-order valence-corrected chi connectivity index (χ4v) is 4.23. The van der Waals surface area contributed by atoms with Gasteiger partial charge in [0, 0.05) is 25.2 Å². The van der Waals surface area contributed by atoms with Crippen molar-refractivity contribution in [3.05, 3.63) is 59.4 Å². The number of carbonyl (C=O) groups is 2. The third-order valence-electron chi connectivity index (χ3n) is 5.88. The van der Waals surface area contributed by atoms with E-state index in [0.29, 0.717) is 37.4 Å². The van der Waals surface area contributed by atoms with E-state index in [4.69, 9.17) is 4.74 Å². The molecule has 0 bridgehead atoms. The highest BCUT2D eigenvalue weighted by Gasteiger charge is 2.34. The number of hydrogen-bond donors (Lipinski definition) is 1. The molecule has 0 aromatic heterocycles. The van der Waals surface area contributed by atoms with Gasteiger partial charge in [-0.05, 0) is 50.5 Å². The van der Waals surface area contributed by atoms with Crippen molar-refractivity contribution >= 4 is 17.6 Å². The predicted molar refractivity (Wildman–Crippen MR) is 117 cm³/mol. The molecule has 2 atom stereocenters. The topological polar surface area (TPSA) is 61.9 Å². The van der Waals surface area contributed by atoms with Gasteiger partial charge in [-0.3, -0.25) is 9.69 Å². The summed E-state index contributed by atoms with van der Waals surface area (Å²) in [7, 11) is 0. The highest BCUT2D eigenvalue weighted by Crippen LogP contribution is 2.35. The predicted octanol–water partition coefficient (Wildman–Crippen LogP) is 3.87. The molecule has 1 fully saturated rings. The van der Waals surface area contributed by atoms with Crippen LogP contribution in [0.1, 0.15) is 30.9 Å². The van der Waals surface area contributed by atoms with Gasteiger partial charge in [0.15, 0.2) is 0 Å². The number of carbonyl (C=O) groups excluding carboxylic acids is 2. The first kappa shape index (κ1) is 21.2. The maximum Gasteiger partial charge on any atom is 0.324 e. The average molecular weight is 426 g/mol. The van der Waals surface area contributed by atoms with Crippen LogP contribution in [0.2, 0.25) is 0 Å². The second-order valence-electron chi connectivity index (χ2n) is 8.39. The lowest BCUT2D eigenvalue weighted by atomic mass is 9.97. The Hall–Kier alpha value is -3.09. The molecule has 31 heavy (non-hydrogen) atoms. The van der Waals surface area contributed by atoms with E-state index in [1.165, 1.54) is 6.07 Å². The van der Waals surface area contributed by atoms with Crippen LogP contribution in [0.3, 0.4) is 0 Å². The molecule has 7 heteroatoms. The number of hydrogen-bond acceptors (Lipinski definition) is 3. The number of anilines is 1. The first-order valence-corrected chi connectivity index (χ1v) is 10.8. The molecular formula is C24H28FN3O3. The van der Waals surface area contributed by atoms with Crippen molar-refractivity contribution in [1.29, 1.82) is 0 Å². The molecule has 2 aromatic carbocycles. The van der Waals surface area contributed by atoms with Crippen molar-refractivity contribution in [2.24, 2.45) is 5.92 Å². The molecule has 4 rings (SSSR count). The average Bonchev–Trinajstić information content (AvgIpc) is 2.77. The van der Waals surface area contributed by atoms with Gasteiger partial charge in [-0.1, -0.05) is 24.3 Å². The fourth-order valence-electron chi connectivity index (χ4n) is 4.23. The number of aryl methyl sites for hydroxylation is 1. The largest absolute Gasteiger partial charge is 0.487 e. The van der Waals surface area contributed by atoms with E-state index in [1.54, 1.807) is 28.0 Å². The second-order valence-corrected chi connectivity index (χ2v) is 8.39. The van der Waals surface area contributed by atoms with Gasteiger partial charge in [-0.15, -0.1) is 0 Å². The summed E-state index contributed by atoms with van der Waals surface area (Å²) >= 11 is 0. The number of ether oxygens (including phenoxy) is 1. The van der Waals surface area contributed by atoms with Crippen molar-refractivity contribution in [1.82, 2.24) is 10.2 Å². The minimum Gasteiger partial charge on any atom is -0.487 e. The Bertz CT molecular complexity index is 980. The van der Waals surface area contributed by atoms with E-state index < -0.39 is 0 Å². The number of rotatable bonds is 3. The van der Waals surface area contributed by atoms with Crippen LogP contribution < -0.4 is 15.0 Å². The summed E-state index contributed by atoms with van der Waals surface area (Å²) in [5, 5.41) is 2.83. The Morgan fingerprint density at radius 1 is 1.19 bits per heavy atom. The van der Waals surface area contributed by atoms with E-state index in [1.807, 2.05) is 32.0 Å². The lowest BCUT2D eigenvalue weighted by molar-refractivity contribution is -0.126. The third kappa shape index (κ3) is 4.65. The summed E-state index contributed by atoms with van der Waals surface area (Å²) in [6.07, 6.45) is 1.36. The zero-order chi connectivity index (χ0) is 22.0. The summed E-state index contributed by atoms with van der Waals surface area (Å²) in [6.45, 7) is 5.51. The summed E-state index contributed by atoms with van der Waals surface area (Å²) in [6, 6.07) is 12.1. The number of halogens is 1. The van der Waals surface area contributed by atoms with Gasteiger partial charge in [0.25, 0.3) is 0 Å². The first-order valence-electron chi connectivity index (χ1n) is 10.8. The molecule has 2 aliphatic rings. The van der Waals surface area contributed by atoms with Crippen LogP contribution in [0.4, 0.5) is 14.9 Å². The lowest BCUT2D eigenvalue weighted by Gasteiger charge is -2.39. The maximum atomic E-state index is 13.8. The molecule has 0 spiro atoms. The molecular weight excluding hydrogens is 397 g/mol. The highest BCUT2D eigenvalue weighted by atomic mass is 19.1. The number of urea groups is 1. The number of fused-ring (bicyclic) bond motifs is 1. The van der Waals surface area contributed by atoms with Gasteiger partial charge in [-0.25, -0.2) is 9.18 Å². The van der Waals surface area contributed by atoms with E-state index >= 15 is 0 Å². The number of nitrogens with one attached hydrogen (secondary N) is 1. The molecule has 2 aliphatic heterocycles. The second kappa shape index (κ2) is 8.96. The van der Waals surface area contributed by atoms with E-state index in [9.17, 15) is 14.0 Å². The molecule has 164 valence electrons. The zero-order valence-electron chi connectivity index (χ0n) is 17.9. The SMILES string of the molecule is Cc1ccc2c(c1)N(C(=O)N1CCCC(C(=O)NCc3ccccc3F)C1)CC(C)O2. The minimum atomic E-state index is -0.335. The molecule has 3 amide bonds. The van der Waals surface area contributed by atoms with Crippen molar-refractivity contribution in [3.63, 3.8) is 0 Å². The monoisotopic (exact) mass is 425 g/mol. The molecule has 6 nitrogen and oxygen atoms in total. The quantitative estimate of drug-likeness (QED) is 0.812. The van der Waals surface area contributed by atoms with Crippen LogP contribution in [0.15, 0.2) is 42.5 Å². The van der Waals surface area contributed by atoms with Gasteiger partial charge in [0.2, 0.25) is 5.91 Å². The van der Waals surface area contributed by atoms with Gasteiger partial charge < -0.3 is 15.0 Å². The molecule has 2 aromatic rings. The molecule has 0 aliphatic carbocycles. The Balaban J connectivity index is 1.43. The van der Waals surface area contributed by atoms with Gasteiger partial charge in [0.05, 0.1) is 18.2 Å². The van der Waals surface area contributed by atoms with Gasteiger partial charge in [0.1, 0.15) is 17.7 Å². The smallest absolute Gasteiger partial charge is 0.324 e. The number of piperidine rings is 1. The summed E-state index contributed by atoms with van der Waals surface area (Å²) in [4.78, 5) is 29.6. The molecule has 2 unspecified atom stereocenters. The van der Waals surface area contributed by atoms with Crippen molar-refractivity contribution in [2.75, 3.05) is 24.5 Å². The highest BCUT2D eigenvalue weighted by molar-refractivity contribution is 5.94. The molecule has 0 radical (unpaired) electrons. The van der Waals surface area contributed by atoms with Crippen molar-refractivity contribution in [2.45, 2.75) is 39.3 Å². The summed E-state index contributed by atoms with van der Waals surface area (Å²) < 4.78 is 19.7. The van der Waals surface area contributed by atoms with Crippen molar-refractivity contribution < 1.29 is 18.7 Å². The normalized spacial score (nSPS) is 20.6. The molecule has 0 saturated carbocycles. The number of benzene rings is 2. The Morgan fingerprint density at radius 3 is 2.81 bits per heavy atom. The Kier molecular flexibility index (Phi) is 6.11. The van der Waals surface area contributed by atoms with Gasteiger partial charge in [-0.2, -0.15) is 0 Å². The number of amides is 3. The van der Waals surface area contributed by atoms with E-state index in [2.05, 4.69) is 5.32 Å². The number of nitrogens with zero attached hydrogens (tertiary/aromatic N) is 2. The summed E-state index contributed by atoms with van der Waals surface area (Å²) in [5.41, 5.74) is 2.28. The first-order chi connectivity index (χ1) is 14.9. The Labute approximate surface area is 182 Å². The van der Waals surface area contributed by atoms with Crippen LogP contribution in [0.25, 0.3) is 0 Å². The maximum absolute atomic E-state index is 13.8.